The number of fused-ring (bicyclic) bond motifs is 2. The summed E-state index contributed by atoms with van der Waals surface area (Å²) in [5, 5.41) is 4.10. The summed E-state index contributed by atoms with van der Waals surface area (Å²) in [6.07, 6.45) is 1.75. The minimum absolute atomic E-state index is 0.0993. The lowest BCUT2D eigenvalue weighted by atomic mass is 10.2. The largest absolute Gasteiger partial charge is 0.382 e. The Labute approximate surface area is 135 Å². The smallest absolute Gasteiger partial charge is 0.240 e. The molecule has 4 N–H and O–H groups in total. The first kappa shape index (κ1) is 14.4. The zero-order valence-corrected chi connectivity index (χ0v) is 12.9. The molecule has 122 valence electrons. The van der Waals surface area contributed by atoms with Crippen molar-refractivity contribution in [2.45, 2.75) is 13.5 Å². The zero-order valence-electron chi connectivity index (χ0n) is 12.9. The third-order valence-electron chi connectivity index (χ3n) is 3.92. The van der Waals surface area contributed by atoms with Gasteiger partial charge in [-0.1, -0.05) is 0 Å². The number of alkyl halides is 1. The number of hydrogen-bond acceptors (Lipinski definition) is 6. The minimum atomic E-state index is -0.479. The Kier molecular flexibility index (Phi) is 3.08. The van der Waals surface area contributed by atoms with E-state index in [9.17, 15) is 4.39 Å². The second kappa shape index (κ2) is 5.15. The van der Waals surface area contributed by atoms with Crippen molar-refractivity contribution in [3.63, 3.8) is 0 Å². The standard InChI is InChI=1S/C15H15FN8/c1-8-19-11-3-2-10(20-14(11)23(8)7-5-16)9-4-6-24-12(9)13(17)21-15(18)22-24/h2-4,6H,5,7H2,1H3,(H4,17,18,21,22). The predicted molar refractivity (Wildman–Crippen MR) is 89.0 cm³/mol. The van der Waals surface area contributed by atoms with Crippen molar-refractivity contribution in [3.8, 4) is 11.3 Å². The van der Waals surface area contributed by atoms with Crippen LogP contribution in [0.1, 0.15) is 5.82 Å². The number of nitrogens with two attached hydrogens (primary N) is 2. The second-order valence-electron chi connectivity index (χ2n) is 5.42. The molecule has 0 amide bonds. The van der Waals surface area contributed by atoms with Gasteiger partial charge in [0.05, 0.1) is 12.2 Å². The summed E-state index contributed by atoms with van der Waals surface area (Å²) in [5.41, 5.74) is 15.1. The zero-order chi connectivity index (χ0) is 16.8. The third kappa shape index (κ3) is 2.05. The van der Waals surface area contributed by atoms with Crippen LogP contribution in [0.3, 0.4) is 0 Å². The van der Waals surface area contributed by atoms with E-state index in [0.29, 0.717) is 16.9 Å². The molecule has 8 nitrogen and oxygen atoms in total. The first-order valence-corrected chi connectivity index (χ1v) is 7.39. The van der Waals surface area contributed by atoms with Gasteiger partial charge in [0.2, 0.25) is 5.95 Å². The molecular weight excluding hydrogens is 311 g/mol. The van der Waals surface area contributed by atoms with Crippen molar-refractivity contribution in [1.82, 2.24) is 29.1 Å². The number of rotatable bonds is 3. The molecule has 4 aromatic heterocycles. The van der Waals surface area contributed by atoms with E-state index in [1.54, 1.807) is 15.3 Å². The number of hydrogen-bond donors (Lipinski definition) is 2. The number of anilines is 2. The molecular formula is C15H15FN8. The van der Waals surface area contributed by atoms with Crippen molar-refractivity contribution >= 4 is 28.4 Å². The van der Waals surface area contributed by atoms with Crippen molar-refractivity contribution in [2.75, 3.05) is 18.1 Å². The number of imidazole rings is 1. The first-order chi connectivity index (χ1) is 11.6. The van der Waals surface area contributed by atoms with Gasteiger partial charge in [-0.3, -0.25) is 0 Å². The number of nitrogen functional groups attached to an aromatic ring is 2. The molecule has 0 saturated heterocycles. The van der Waals surface area contributed by atoms with Crippen LogP contribution in [0.25, 0.3) is 27.9 Å². The molecule has 0 saturated carbocycles. The van der Waals surface area contributed by atoms with Crippen molar-refractivity contribution in [3.05, 3.63) is 30.2 Å². The van der Waals surface area contributed by atoms with Gasteiger partial charge >= 0.3 is 0 Å². The summed E-state index contributed by atoms with van der Waals surface area (Å²) in [4.78, 5) is 13.1. The Hall–Kier alpha value is -3.23. The SMILES string of the molecule is Cc1nc2ccc(-c3ccn4nc(N)nc(N)c34)nc2n1CCF. The molecule has 0 aliphatic carbocycles. The molecule has 24 heavy (non-hydrogen) atoms. The minimum Gasteiger partial charge on any atom is -0.382 e. The Bertz CT molecular complexity index is 1060. The van der Waals surface area contributed by atoms with Gasteiger partial charge in [0.15, 0.2) is 11.5 Å². The molecule has 9 heteroatoms. The molecule has 0 spiro atoms. The van der Waals surface area contributed by atoms with Gasteiger partial charge in [0, 0.05) is 11.8 Å². The molecule has 0 bridgehead atoms. The van der Waals surface area contributed by atoms with Crippen LogP contribution in [-0.2, 0) is 6.54 Å². The first-order valence-electron chi connectivity index (χ1n) is 7.39. The van der Waals surface area contributed by atoms with Crippen LogP contribution in [-0.4, -0.2) is 35.8 Å². The highest BCUT2D eigenvalue weighted by Crippen LogP contribution is 2.28. The van der Waals surface area contributed by atoms with Gasteiger partial charge in [-0.25, -0.2) is 18.9 Å². The highest BCUT2D eigenvalue weighted by atomic mass is 19.1. The molecule has 0 fully saturated rings. The number of pyridine rings is 1. The fraction of sp³-hybridized carbons (Fsp3) is 0.200. The maximum atomic E-state index is 12.8. The van der Waals surface area contributed by atoms with Gasteiger partial charge in [0.25, 0.3) is 0 Å². The summed E-state index contributed by atoms with van der Waals surface area (Å²) in [7, 11) is 0. The van der Waals surface area contributed by atoms with E-state index in [4.69, 9.17) is 11.5 Å². The van der Waals surface area contributed by atoms with Gasteiger partial charge < -0.3 is 16.0 Å². The predicted octanol–water partition coefficient (Wildman–Crippen LogP) is 1.58. The van der Waals surface area contributed by atoms with Crippen LogP contribution in [0, 0.1) is 6.92 Å². The third-order valence-corrected chi connectivity index (χ3v) is 3.92. The van der Waals surface area contributed by atoms with Gasteiger partial charge in [-0.15, -0.1) is 5.10 Å². The normalized spacial score (nSPS) is 11.6. The molecule has 4 rings (SSSR count). The highest BCUT2D eigenvalue weighted by molar-refractivity contribution is 5.88. The van der Waals surface area contributed by atoms with Crippen LogP contribution in [0.15, 0.2) is 24.4 Å². The molecule has 4 heterocycles. The van der Waals surface area contributed by atoms with E-state index in [2.05, 4.69) is 20.1 Å². The van der Waals surface area contributed by atoms with Crippen molar-refractivity contribution in [1.29, 1.82) is 0 Å². The lowest BCUT2D eigenvalue weighted by molar-refractivity contribution is 0.445. The monoisotopic (exact) mass is 326 g/mol. The molecule has 0 aliphatic rings. The van der Waals surface area contributed by atoms with E-state index in [1.165, 1.54) is 0 Å². The quantitative estimate of drug-likeness (QED) is 0.591. The van der Waals surface area contributed by atoms with Gasteiger partial charge in [-0.2, -0.15) is 4.98 Å². The Morgan fingerprint density at radius 3 is 2.75 bits per heavy atom. The maximum absolute atomic E-state index is 12.8. The van der Waals surface area contributed by atoms with E-state index in [1.807, 2.05) is 25.1 Å². The van der Waals surface area contributed by atoms with Crippen LogP contribution in [0.2, 0.25) is 0 Å². The molecule has 0 unspecified atom stereocenters. The lowest BCUT2D eigenvalue weighted by Crippen LogP contribution is -2.05. The summed E-state index contributed by atoms with van der Waals surface area (Å²) in [5.74, 6) is 1.10. The Balaban J connectivity index is 1.95. The average molecular weight is 326 g/mol. The average Bonchev–Trinajstić information content (AvgIpc) is 3.09. The van der Waals surface area contributed by atoms with Crippen LogP contribution in [0.5, 0.6) is 0 Å². The molecule has 4 aromatic rings. The van der Waals surface area contributed by atoms with Crippen LogP contribution < -0.4 is 11.5 Å². The van der Waals surface area contributed by atoms with Crippen molar-refractivity contribution in [2.24, 2.45) is 0 Å². The number of aromatic nitrogens is 6. The van der Waals surface area contributed by atoms with Crippen molar-refractivity contribution < 1.29 is 4.39 Å². The number of aryl methyl sites for hydroxylation is 2. The topological polar surface area (TPSA) is 113 Å². The molecule has 0 aromatic carbocycles. The molecule has 0 atom stereocenters. The molecule has 0 radical (unpaired) electrons. The molecule has 0 aliphatic heterocycles. The Morgan fingerprint density at radius 1 is 1.12 bits per heavy atom. The van der Waals surface area contributed by atoms with E-state index in [-0.39, 0.29) is 18.3 Å². The summed E-state index contributed by atoms with van der Waals surface area (Å²) < 4.78 is 16.1. The van der Waals surface area contributed by atoms with E-state index in [0.717, 1.165) is 16.9 Å². The summed E-state index contributed by atoms with van der Waals surface area (Å²) in [6, 6.07) is 5.55. The second-order valence-corrected chi connectivity index (χ2v) is 5.42. The van der Waals surface area contributed by atoms with Gasteiger partial charge in [-0.05, 0) is 25.1 Å². The highest BCUT2D eigenvalue weighted by Gasteiger charge is 2.15. The van der Waals surface area contributed by atoms with E-state index >= 15 is 0 Å². The maximum Gasteiger partial charge on any atom is 0.240 e. The fourth-order valence-electron chi connectivity index (χ4n) is 2.89. The van der Waals surface area contributed by atoms with Gasteiger partial charge in [0.1, 0.15) is 23.5 Å². The lowest BCUT2D eigenvalue weighted by Gasteiger charge is -2.05. The number of halogens is 1. The van der Waals surface area contributed by atoms with Crippen LogP contribution in [0.4, 0.5) is 16.2 Å². The number of nitrogens with zero attached hydrogens (tertiary/aromatic N) is 6. The fourth-order valence-corrected chi connectivity index (χ4v) is 2.89. The Morgan fingerprint density at radius 2 is 1.96 bits per heavy atom. The van der Waals surface area contributed by atoms with E-state index < -0.39 is 6.67 Å². The summed E-state index contributed by atoms with van der Waals surface area (Å²) >= 11 is 0. The van der Waals surface area contributed by atoms with Crippen LogP contribution >= 0.6 is 0 Å². The summed E-state index contributed by atoms with van der Waals surface area (Å²) in [6.45, 7) is 1.57.